The molecule has 3 aromatic rings. The monoisotopic (exact) mass is 357 g/mol. The summed E-state index contributed by atoms with van der Waals surface area (Å²) in [4.78, 5) is 36.4. The molecule has 2 N–H and O–H groups in total. The molecule has 7 heteroatoms. The van der Waals surface area contributed by atoms with E-state index in [-0.39, 0.29) is 17.8 Å². The number of carbonyl (C=O) groups excluding carboxylic acids is 1. The van der Waals surface area contributed by atoms with Crippen molar-refractivity contribution >= 4 is 28.3 Å². The summed E-state index contributed by atoms with van der Waals surface area (Å²) in [6, 6.07) is 13.9. The Kier molecular flexibility index (Phi) is 5.00. The van der Waals surface area contributed by atoms with Crippen LogP contribution in [0.15, 0.2) is 58.1 Å². The first-order valence-corrected chi connectivity index (χ1v) is 8.15. The van der Waals surface area contributed by atoms with Crippen LogP contribution in [0, 0.1) is 0 Å². The highest BCUT2D eigenvalue weighted by atomic mass is 35.5. The highest BCUT2D eigenvalue weighted by molar-refractivity contribution is 6.30. The van der Waals surface area contributed by atoms with Gasteiger partial charge in [-0.2, -0.15) is 0 Å². The SMILES string of the molecule is O=C(Cn1[nH]c(=O)c2ccccc2c1=O)NCCc1cccc(Cl)c1. The average molecular weight is 358 g/mol. The third-order valence-electron chi connectivity index (χ3n) is 3.81. The number of H-pyrrole nitrogens is 1. The quantitative estimate of drug-likeness (QED) is 0.729. The molecule has 0 spiro atoms. The van der Waals surface area contributed by atoms with Gasteiger partial charge in [0, 0.05) is 11.6 Å². The number of fused-ring (bicyclic) bond motifs is 1. The van der Waals surface area contributed by atoms with Gasteiger partial charge in [-0.15, -0.1) is 0 Å². The Balaban J connectivity index is 1.67. The van der Waals surface area contributed by atoms with Gasteiger partial charge in [0.25, 0.3) is 11.1 Å². The summed E-state index contributed by atoms with van der Waals surface area (Å²) in [7, 11) is 0. The van der Waals surface area contributed by atoms with Crippen LogP contribution in [0.4, 0.5) is 0 Å². The Morgan fingerprint density at radius 2 is 1.84 bits per heavy atom. The lowest BCUT2D eigenvalue weighted by atomic mass is 10.1. The van der Waals surface area contributed by atoms with E-state index < -0.39 is 11.1 Å². The van der Waals surface area contributed by atoms with Crippen molar-refractivity contribution < 1.29 is 4.79 Å². The van der Waals surface area contributed by atoms with E-state index in [0.29, 0.717) is 23.4 Å². The van der Waals surface area contributed by atoms with Gasteiger partial charge in [0.2, 0.25) is 5.91 Å². The third-order valence-corrected chi connectivity index (χ3v) is 4.05. The van der Waals surface area contributed by atoms with Gasteiger partial charge in [-0.1, -0.05) is 35.9 Å². The first-order valence-electron chi connectivity index (χ1n) is 7.77. The number of hydrogen-bond donors (Lipinski definition) is 2. The van der Waals surface area contributed by atoms with Crippen LogP contribution in [-0.2, 0) is 17.8 Å². The topological polar surface area (TPSA) is 84.0 Å². The van der Waals surface area contributed by atoms with Crippen molar-refractivity contribution in [2.45, 2.75) is 13.0 Å². The summed E-state index contributed by atoms with van der Waals surface area (Å²) >= 11 is 5.91. The average Bonchev–Trinajstić information content (AvgIpc) is 2.59. The first-order chi connectivity index (χ1) is 12.0. The van der Waals surface area contributed by atoms with E-state index in [1.165, 1.54) is 0 Å². The third kappa shape index (κ3) is 3.97. The highest BCUT2D eigenvalue weighted by Gasteiger charge is 2.09. The molecule has 25 heavy (non-hydrogen) atoms. The van der Waals surface area contributed by atoms with Gasteiger partial charge < -0.3 is 5.32 Å². The Hall–Kier alpha value is -2.86. The number of rotatable bonds is 5. The lowest BCUT2D eigenvalue weighted by molar-refractivity contribution is -0.121. The molecule has 6 nitrogen and oxygen atoms in total. The lowest BCUT2D eigenvalue weighted by Crippen LogP contribution is -2.37. The number of nitrogens with zero attached hydrogens (tertiary/aromatic N) is 1. The molecule has 1 amide bonds. The van der Waals surface area contributed by atoms with E-state index >= 15 is 0 Å². The maximum atomic E-state index is 12.3. The number of hydrogen-bond acceptors (Lipinski definition) is 3. The molecule has 1 heterocycles. The minimum atomic E-state index is -0.403. The van der Waals surface area contributed by atoms with Gasteiger partial charge in [0.1, 0.15) is 6.54 Å². The summed E-state index contributed by atoms with van der Waals surface area (Å²) in [6.45, 7) is 0.167. The molecule has 1 aromatic heterocycles. The number of nitrogens with one attached hydrogen (secondary N) is 2. The minimum Gasteiger partial charge on any atom is -0.354 e. The second-order valence-corrected chi connectivity index (χ2v) is 6.04. The summed E-state index contributed by atoms with van der Waals surface area (Å²) in [5, 5.41) is 6.41. The number of halogens is 1. The van der Waals surface area contributed by atoms with Gasteiger partial charge in [-0.05, 0) is 36.2 Å². The predicted molar refractivity (Wildman–Crippen MR) is 97.0 cm³/mol. The fourth-order valence-electron chi connectivity index (χ4n) is 2.60. The Morgan fingerprint density at radius 3 is 2.60 bits per heavy atom. The molecule has 0 saturated heterocycles. The van der Waals surface area contributed by atoms with E-state index in [2.05, 4.69) is 10.4 Å². The molecule has 3 rings (SSSR count). The van der Waals surface area contributed by atoms with Gasteiger partial charge in [0.15, 0.2) is 0 Å². The predicted octanol–water partition coefficient (Wildman–Crippen LogP) is 1.70. The molecule has 0 atom stereocenters. The van der Waals surface area contributed by atoms with E-state index in [9.17, 15) is 14.4 Å². The van der Waals surface area contributed by atoms with E-state index in [4.69, 9.17) is 11.6 Å². The number of benzene rings is 2. The summed E-state index contributed by atoms with van der Waals surface area (Å²) in [5.74, 6) is -0.352. The molecule has 0 fully saturated rings. The molecule has 0 aliphatic carbocycles. The molecule has 0 aliphatic heterocycles. The van der Waals surface area contributed by atoms with Gasteiger partial charge >= 0.3 is 0 Å². The maximum absolute atomic E-state index is 12.3. The summed E-state index contributed by atoms with van der Waals surface area (Å²) < 4.78 is 1.03. The van der Waals surface area contributed by atoms with Crippen molar-refractivity contribution in [3.05, 3.63) is 79.8 Å². The summed E-state index contributed by atoms with van der Waals surface area (Å²) in [6.07, 6.45) is 0.620. The number of aromatic nitrogens is 2. The zero-order chi connectivity index (χ0) is 17.8. The van der Waals surface area contributed by atoms with E-state index in [1.54, 1.807) is 30.3 Å². The molecule has 0 unspecified atom stereocenters. The largest absolute Gasteiger partial charge is 0.354 e. The van der Waals surface area contributed by atoms with Crippen LogP contribution < -0.4 is 16.4 Å². The second kappa shape index (κ2) is 7.36. The smallest absolute Gasteiger partial charge is 0.273 e. The van der Waals surface area contributed by atoms with Crippen LogP contribution in [-0.4, -0.2) is 22.2 Å². The fourth-order valence-corrected chi connectivity index (χ4v) is 2.81. The van der Waals surface area contributed by atoms with Crippen LogP contribution in [0.2, 0.25) is 5.02 Å². The molecule has 128 valence electrons. The highest BCUT2D eigenvalue weighted by Crippen LogP contribution is 2.10. The van der Waals surface area contributed by atoms with Crippen molar-refractivity contribution in [3.8, 4) is 0 Å². The molecule has 0 saturated carbocycles. The lowest BCUT2D eigenvalue weighted by Gasteiger charge is -2.08. The van der Waals surface area contributed by atoms with Crippen LogP contribution in [0.3, 0.4) is 0 Å². The van der Waals surface area contributed by atoms with Crippen molar-refractivity contribution in [1.29, 1.82) is 0 Å². The maximum Gasteiger partial charge on any atom is 0.273 e. The van der Waals surface area contributed by atoms with Crippen LogP contribution in [0.5, 0.6) is 0 Å². The van der Waals surface area contributed by atoms with Crippen molar-refractivity contribution in [3.63, 3.8) is 0 Å². The zero-order valence-electron chi connectivity index (χ0n) is 13.3. The molecule has 0 bridgehead atoms. The first kappa shape index (κ1) is 17.0. The van der Waals surface area contributed by atoms with Gasteiger partial charge in [-0.25, -0.2) is 4.68 Å². The minimum absolute atomic E-state index is 0.242. The molecule has 2 aromatic carbocycles. The van der Waals surface area contributed by atoms with Crippen molar-refractivity contribution in [2.75, 3.05) is 6.54 Å². The number of amides is 1. The van der Waals surface area contributed by atoms with Crippen molar-refractivity contribution in [1.82, 2.24) is 15.1 Å². The molecular weight excluding hydrogens is 342 g/mol. The Labute approximate surface area is 148 Å². The standard InChI is InChI=1S/C18H16ClN3O3/c19-13-5-3-4-12(10-13)8-9-20-16(23)11-22-18(25)15-7-2-1-6-14(15)17(24)21-22/h1-7,10H,8-9,11H2,(H,20,23)(H,21,24). The number of aromatic amines is 1. The van der Waals surface area contributed by atoms with Crippen LogP contribution >= 0.6 is 11.6 Å². The van der Waals surface area contributed by atoms with Crippen molar-refractivity contribution in [2.24, 2.45) is 0 Å². The van der Waals surface area contributed by atoms with E-state index in [1.807, 2.05) is 18.2 Å². The molecule has 0 aliphatic rings. The van der Waals surface area contributed by atoms with Crippen LogP contribution in [0.25, 0.3) is 10.8 Å². The second-order valence-electron chi connectivity index (χ2n) is 5.61. The molecule has 0 radical (unpaired) electrons. The molecular formula is C18H16ClN3O3. The Morgan fingerprint density at radius 1 is 1.08 bits per heavy atom. The van der Waals surface area contributed by atoms with Gasteiger partial charge in [0.05, 0.1) is 10.8 Å². The van der Waals surface area contributed by atoms with Gasteiger partial charge in [-0.3, -0.25) is 19.5 Å². The zero-order valence-corrected chi connectivity index (χ0v) is 14.0. The van der Waals surface area contributed by atoms with Crippen LogP contribution in [0.1, 0.15) is 5.56 Å². The fraction of sp³-hybridized carbons (Fsp3) is 0.167. The summed E-state index contributed by atoms with van der Waals surface area (Å²) in [5.41, 5.74) is 0.200. The normalized spacial score (nSPS) is 10.8. The van der Waals surface area contributed by atoms with E-state index in [0.717, 1.165) is 10.2 Å². The Bertz CT molecular complexity index is 1040. The number of carbonyl (C=O) groups is 1.